The van der Waals surface area contributed by atoms with Crippen LogP contribution in [-0.2, 0) is 13.6 Å². The lowest BCUT2D eigenvalue weighted by molar-refractivity contribution is 0.683. The van der Waals surface area contributed by atoms with Gasteiger partial charge in [-0.1, -0.05) is 53.7 Å². The molecule has 0 saturated heterocycles. The van der Waals surface area contributed by atoms with Gasteiger partial charge in [0.1, 0.15) is 0 Å². The number of aromatic nitrogens is 3. The summed E-state index contributed by atoms with van der Waals surface area (Å²) < 4.78 is 1.78. The van der Waals surface area contributed by atoms with E-state index in [1.54, 1.807) is 10.9 Å². The number of rotatable bonds is 4. The Bertz CT molecular complexity index is 688. The second kappa shape index (κ2) is 5.57. The standard InChI is InChI=1S/C16H16N4/c1-20-14(12-18-19-20)11-17-16-10-6-5-9-15(16)13-7-3-2-4-8-13/h2-10,12,17H,11H2,1H3. The van der Waals surface area contributed by atoms with Crippen molar-refractivity contribution in [3.63, 3.8) is 0 Å². The molecule has 3 rings (SSSR count). The number of para-hydroxylation sites is 1. The summed E-state index contributed by atoms with van der Waals surface area (Å²) in [7, 11) is 1.90. The Morgan fingerprint density at radius 3 is 2.50 bits per heavy atom. The first-order valence-electron chi connectivity index (χ1n) is 6.56. The maximum absolute atomic E-state index is 3.94. The molecule has 0 aliphatic heterocycles. The minimum absolute atomic E-state index is 0.702. The van der Waals surface area contributed by atoms with E-state index in [9.17, 15) is 0 Å². The smallest absolute Gasteiger partial charge is 0.0774 e. The summed E-state index contributed by atoms with van der Waals surface area (Å²) in [6.07, 6.45) is 1.78. The molecule has 0 amide bonds. The van der Waals surface area contributed by atoms with Crippen LogP contribution in [0.4, 0.5) is 5.69 Å². The van der Waals surface area contributed by atoms with Gasteiger partial charge in [0.15, 0.2) is 0 Å². The molecular weight excluding hydrogens is 248 g/mol. The van der Waals surface area contributed by atoms with Gasteiger partial charge in [-0.25, -0.2) is 0 Å². The molecular formula is C16H16N4. The molecule has 1 N–H and O–H groups in total. The SMILES string of the molecule is Cn1nncc1CNc1ccccc1-c1ccccc1. The van der Waals surface area contributed by atoms with Crippen LogP contribution >= 0.6 is 0 Å². The van der Waals surface area contributed by atoms with Gasteiger partial charge in [-0.3, -0.25) is 4.68 Å². The molecule has 4 heteroatoms. The number of hydrogen-bond acceptors (Lipinski definition) is 3. The van der Waals surface area contributed by atoms with Crippen LogP contribution in [0, 0.1) is 0 Å². The first-order chi connectivity index (χ1) is 9.84. The Labute approximate surface area is 118 Å². The Hall–Kier alpha value is -2.62. The lowest BCUT2D eigenvalue weighted by Gasteiger charge is -2.12. The quantitative estimate of drug-likeness (QED) is 0.787. The van der Waals surface area contributed by atoms with E-state index in [2.05, 4.69) is 58.1 Å². The molecule has 0 unspecified atom stereocenters. The number of nitrogens with zero attached hydrogens (tertiary/aromatic N) is 3. The van der Waals surface area contributed by atoms with Gasteiger partial charge in [0, 0.05) is 18.3 Å². The highest BCUT2D eigenvalue weighted by Crippen LogP contribution is 2.27. The van der Waals surface area contributed by atoms with E-state index in [0.29, 0.717) is 6.54 Å². The predicted molar refractivity (Wildman–Crippen MR) is 80.2 cm³/mol. The Balaban J connectivity index is 1.85. The Morgan fingerprint density at radius 1 is 1.00 bits per heavy atom. The van der Waals surface area contributed by atoms with Crippen molar-refractivity contribution in [3.8, 4) is 11.1 Å². The van der Waals surface area contributed by atoms with Crippen LogP contribution in [0.2, 0.25) is 0 Å². The normalized spacial score (nSPS) is 10.4. The van der Waals surface area contributed by atoms with Crippen LogP contribution in [0.25, 0.3) is 11.1 Å². The molecule has 0 bridgehead atoms. The topological polar surface area (TPSA) is 42.7 Å². The minimum atomic E-state index is 0.702. The summed E-state index contributed by atoms with van der Waals surface area (Å²) in [5.74, 6) is 0. The van der Waals surface area contributed by atoms with E-state index in [0.717, 1.165) is 11.4 Å². The van der Waals surface area contributed by atoms with Crippen LogP contribution in [0.3, 0.4) is 0 Å². The molecule has 2 aromatic carbocycles. The Morgan fingerprint density at radius 2 is 1.75 bits per heavy atom. The van der Waals surface area contributed by atoms with Crippen LogP contribution in [0.5, 0.6) is 0 Å². The molecule has 0 fully saturated rings. The van der Waals surface area contributed by atoms with E-state index >= 15 is 0 Å². The lowest BCUT2D eigenvalue weighted by Crippen LogP contribution is -2.06. The Kier molecular flexibility index (Phi) is 3.46. The van der Waals surface area contributed by atoms with Crippen LogP contribution in [0.1, 0.15) is 5.69 Å². The maximum atomic E-state index is 3.94. The molecule has 0 aliphatic carbocycles. The summed E-state index contributed by atoms with van der Waals surface area (Å²) in [4.78, 5) is 0. The highest BCUT2D eigenvalue weighted by molar-refractivity contribution is 5.77. The van der Waals surface area contributed by atoms with Gasteiger partial charge in [-0.2, -0.15) is 0 Å². The van der Waals surface area contributed by atoms with Crippen molar-refractivity contribution in [2.24, 2.45) is 7.05 Å². The van der Waals surface area contributed by atoms with Crippen molar-refractivity contribution in [1.82, 2.24) is 15.0 Å². The summed E-state index contributed by atoms with van der Waals surface area (Å²) in [6, 6.07) is 18.7. The second-order valence-corrected chi connectivity index (χ2v) is 4.61. The van der Waals surface area contributed by atoms with Crippen molar-refractivity contribution in [1.29, 1.82) is 0 Å². The van der Waals surface area contributed by atoms with Gasteiger partial charge < -0.3 is 5.32 Å². The number of hydrogen-bond donors (Lipinski definition) is 1. The average molecular weight is 264 g/mol. The van der Waals surface area contributed by atoms with E-state index in [4.69, 9.17) is 0 Å². The van der Waals surface area contributed by atoms with Gasteiger partial charge in [0.05, 0.1) is 18.4 Å². The molecule has 1 heterocycles. The van der Waals surface area contributed by atoms with Gasteiger partial charge in [0.25, 0.3) is 0 Å². The van der Waals surface area contributed by atoms with Crippen LogP contribution < -0.4 is 5.32 Å². The molecule has 0 saturated carbocycles. The summed E-state index contributed by atoms with van der Waals surface area (Å²) in [6.45, 7) is 0.702. The highest BCUT2D eigenvalue weighted by Gasteiger charge is 2.05. The largest absolute Gasteiger partial charge is 0.379 e. The van der Waals surface area contributed by atoms with E-state index in [1.165, 1.54) is 11.1 Å². The third-order valence-electron chi connectivity index (χ3n) is 3.28. The van der Waals surface area contributed by atoms with Crippen molar-refractivity contribution < 1.29 is 0 Å². The second-order valence-electron chi connectivity index (χ2n) is 4.61. The van der Waals surface area contributed by atoms with E-state index in [1.807, 2.05) is 19.2 Å². The van der Waals surface area contributed by atoms with Crippen molar-refractivity contribution >= 4 is 5.69 Å². The monoisotopic (exact) mass is 264 g/mol. The van der Waals surface area contributed by atoms with Gasteiger partial charge >= 0.3 is 0 Å². The van der Waals surface area contributed by atoms with E-state index < -0.39 is 0 Å². The molecule has 0 aliphatic rings. The molecule has 0 spiro atoms. The first-order valence-corrected chi connectivity index (χ1v) is 6.56. The van der Waals surface area contributed by atoms with Gasteiger partial charge in [0.2, 0.25) is 0 Å². The molecule has 100 valence electrons. The van der Waals surface area contributed by atoms with Gasteiger partial charge in [-0.15, -0.1) is 5.10 Å². The van der Waals surface area contributed by atoms with Gasteiger partial charge in [-0.05, 0) is 11.6 Å². The summed E-state index contributed by atoms with van der Waals surface area (Å²) in [5, 5.41) is 11.3. The third kappa shape index (κ3) is 2.54. The molecule has 1 aromatic heterocycles. The molecule has 0 atom stereocenters. The van der Waals surface area contributed by atoms with Crippen LogP contribution in [-0.4, -0.2) is 15.0 Å². The average Bonchev–Trinajstić information content (AvgIpc) is 2.92. The lowest BCUT2D eigenvalue weighted by atomic mass is 10.0. The molecule has 20 heavy (non-hydrogen) atoms. The molecule has 3 aromatic rings. The first kappa shape index (κ1) is 12.4. The predicted octanol–water partition coefficient (Wildman–Crippen LogP) is 3.09. The zero-order valence-corrected chi connectivity index (χ0v) is 11.3. The fraction of sp³-hybridized carbons (Fsp3) is 0.125. The molecule has 0 radical (unpaired) electrons. The number of anilines is 1. The van der Waals surface area contributed by atoms with Crippen molar-refractivity contribution in [2.75, 3.05) is 5.32 Å². The number of nitrogens with one attached hydrogen (secondary N) is 1. The molecule has 4 nitrogen and oxygen atoms in total. The van der Waals surface area contributed by atoms with Crippen molar-refractivity contribution in [3.05, 3.63) is 66.5 Å². The highest BCUT2D eigenvalue weighted by atomic mass is 15.4. The fourth-order valence-electron chi connectivity index (χ4n) is 2.16. The van der Waals surface area contributed by atoms with Crippen molar-refractivity contribution in [2.45, 2.75) is 6.54 Å². The number of benzene rings is 2. The number of aryl methyl sites for hydroxylation is 1. The van der Waals surface area contributed by atoms with Crippen LogP contribution in [0.15, 0.2) is 60.8 Å². The summed E-state index contributed by atoms with van der Waals surface area (Å²) in [5.41, 5.74) is 4.56. The zero-order valence-electron chi connectivity index (χ0n) is 11.3. The minimum Gasteiger partial charge on any atom is -0.379 e. The maximum Gasteiger partial charge on any atom is 0.0774 e. The zero-order chi connectivity index (χ0) is 13.8. The fourth-order valence-corrected chi connectivity index (χ4v) is 2.16. The summed E-state index contributed by atoms with van der Waals surface area (Å²) >= 11 is 0. The third-order valence-corrected chi connectivity index (χ3v) is 3.28. The van der Waals surface area contributed by atoms with E-state index in [-0.39, 0.29) is 0 Å².